The van der Waals surface area contributed by atoms with Gasteiger partial charge in [0.05, 0.1) is 6.54 Å². The van der Waals surface area contributed by atoms with Crippen molar-refractivity contribution in [1.82, 2.24) is 20.4 Å². The van der Waals surface area contributed by atoms with Gasteiger partial charge in [-0.2, -0.15) is 4.98 Å². The highest BCUT2D eigenvalue weighted by Gasteiger charge is 2.30. The van der Waals surface area contributed by atoms with Crippen LogP contribution in [0.25, 0.3) is 0 Å². The molecule has 0 aromatic carbocycles. The quantitative estimate of drug-likeness (QED) is 0.850. The molecule has 0 spiro atoms. The second-order valence-corrected chi connectivity index (χ2v) is 5.84. The normalized spacial score (nSPS) is 24.8. The molecule has 3 rings (SSSR count). The Bertz CT molecular complexity index is 402. The molecule has 19 heavy (non-hydrogen) atoms. The molecule has 1 unspecified atom stereocenters. The predicted octanol–water partition coefficient (Wildman–Crippen LogP) is 1.91. The van der Waals surface area contributed by atoms with Crippen LogP contribution >= 0.6 is 0 Å². The van der Waals surface area contributed by atoms with Crippen LogP contribution in [0.15, 0.2) is 4.52 Å². The van der Waals surface area contributed by atoms with E-state index >= 15 is 0 Å². The van der Waals surface area contributed by atoms with Crippen LogP contribution in [0.2, 0.25) is 0 Å². The standard InChI is InChI=1S/C14H24N4O/c1-15-8-7-12-4-2-3-9-18(12)10-13-16-14(19-17-13)11-5-6-11/h11-12,15H,2-10H2,1H3. The van der Waals surface area contributed by atoms with Gasteiger partial charge in [-0.1, -0.05) is 11.6 Å². The lowest BCUT2D eigenvalue weighted by molar-refractivity contribution is 0.128. The van der Waals surface area contributed by atoms with E-state index in [0.29, 0.717) is 12.0 Å². The highest BCUT2D eigenvalue weighted by Crippen LogP contribution is 2.38. The lowest BCUT2D eigenvalue weighted by Crippen LogP contribution is -2.40. The Labute approximate surface area is 114 Å². The lowest BCUT2D eigenvalue weighted by Gasteiger charge is -2.34. The van der Waals surface area contributed by atoms with Crippen molar-refractivity contribution in [3.63, 3.8) is 0 Å². The van der Waals surface area contributed by atoms with E-state index in [9.17, 15) is 0 Å². The highest BCUT2D eigenvalue weighted by molar-refractivity contribution is 5.02. The van der Waals surface area contributed by atoms with Gasteiger partial charge >= 0.3 is 0 Å². The first kappa shape index (κ1) is 13.1. The summed E-state index contributed by atoms with van der Waals surface area (Å²) in [5, 5.41) is 7.39. The summed E-state index contributed by atoms with van der Waals surface area (Å²) >= 11 is 0. The maximum atomic E-state index is 5.35. The van der Waals surface area contributed by atoms with Crippen molar-refractivity contribution >= 4 is 0 Å². The number of hydrogen-bond donors (Lipinski definition) is 1. The third-order valence-electron chi connectivity index (χ3n) is 4.23. The van der Waals surface area contributed by atoms with Crippen LogP contribution in [-0.2, 0) is 6.54 Å². The topological polar surface area (TPSA) is 54.2 Å². The number of hydrogen-bond acceptors (Lipinski definition) is 5. The molecule has 1 aromatic rings. The highest BCUT2D eigenvalue weighted by atomic mass is 16.5. The molecular formula is C14H24N4O. The van der Waals surface area contributed by atoms with Gasteiger partial charge in [-0.25, -0.2) is 0 Å². The van der Waals surface area contributed by atoms with Crippen molar-refractivity contribution in [2.45, 2.75) is 57.0 Å². The summed E-state index contributed by atoms with van der Waals surface area (Å²) in [6.07, 6.45) is 7.60. The Morgan fingerprint density at radius 3 is 3.00 bits per heavy atom. The molecular weight excluding hydrogens is 240 g/mol. The van der Waals surface area contributed by atoms with E-state index < -0.39 is 0 Å². The Morgan fingerprint density at radius 1 is 1.32 bits per heavy atom. The van der Waals surface area contributed by atoms with E-state index in [0.717, 1.165) is 24.8 Å². The largest absolute Gasteiger partial charge is 0.339 e. The first-order valence-electron chi connectivity index (χ1n) is 7.58. The molecule has 2 heterocycles. The van der Waals surface area contributed by atoms with E-state index in [1.54, 1.807) is 0 Å². The maximum absolute atomic E-state index is 5.35. The van der Waals surface area contributed by atoms with Crippen LogP contribution in [0.3, 0.4) is 0 Å². The molecule has 1 aliphatic carbocycles. The lowest BCUT2D eigenvalue weighted by atomic mass is 9.99. The fraction of sp³-hybridized carbons (Fsp3) is 0.857. The molecule has 5 heteroatoms. The van der Waals surface area contributed by atoms with Gasteiger partial charge in [0, 0.05) is 12.0 Å². The zero-order valence-corrected chi connectivity index (χ0v) is 11.8. The molecule has 0 bridgehead atoms. The van der Waals surface area contributed by atoms with Crippen LogP contribution in [0, 0.1) is 0 Å². The van der Waals surface area contributed by atoms with Gasteiger partial charge in [-0.05, 0) is 52.2 Å². The summed E-state index contributed by atoms with van der Waals surface area (Å²) in [6.45, 7) is 3.10. The third-order valence-corrected chi connectivity index (χ3v) is 4.23. The van der Waals surface area contributed by atoms with Crippen molar-refractivity contribution in [2.24, 2.45) is 0 Å². The van der Waals surface area contributed by atoms with Crippen LogP contribution in [0.1, 0.15) is 56.2 Å². The third kappa shape index (κ3) is 3.34. The molecule has 1 atom stereocenters. The summed E-state index contributed by atoms with van der Waals surface area (Å²) in [7, 11) is 2.02. The summed E-state index contributed by atoms with van der Waals surface area (Å²) in [4.78, 5) is 7.08. The summed E-state index contributed by atoms with van der Waals surface area (Å²) in [5.74, 6) is 2.29. The Morgan fingerprint density at radius 2 is 2.21 bits per heavy atom. The van der Waals surface area contributed by atoms with Crippen molar-refractivity contribution in [3.8, 4) is 0 Å². The second-order valence-electron chi connectivity index (χ2n) is 5.84. The summed E-state index contributed by atoms with van der Waals surface area (Å²) in [5.41, 5.74) is 0. The number of nitrogens with one attached hydrogen (secondary N) is 1. The molecule has 2 aliphatic rings. The van der Waals surface area contributed by atoms with Crippen LogP contribution in [0.4, 0.5) is 0 Å². The molecule has 1 N–H and O–H groups in total. The van der Waals surface area contributed by atoms with Crippen molar-refractivity contribution in [3.05, 3.63) is 11.7 Å². The van der Waals surface area contributed by atoms with Crippen LogP contribution in [0.5, 0.6) is 0 Å². The molecule has 1 saturated heterocycles. The monoisotopic (exact) mass is 264 g/mol. The van der Waals surface area contributed by atoms with Gasteiger partial charge in [-0.3, -0.25) is 4.90 Å². The van der Waals surface area contributed by atoms with Gasteiger partial charge in [0.2, 0.25) is 5.89 Å². The zero-order chi connectivity index (χ0) is 13.1. The van der Waals surface area contributed by atoms with E-state index in [1.165, 1.54) is 45.1 Å². The Hall–Kier alpha value is -0.940. The molecule has 106 valence electrons. The number of aromatic nitrogens is 2. The van der Waals surface area contributed by atoms with Crippen molar-refractivity contribution in [1.29, 1.82) is 0 Å². The minimum atomic E-state index is 0.558. The second kappa shape index (κ2) is 6.01. The number of likely N-dealkylation sites (tertiary alicyclic amines) is 1. The van der Waals surface area contributed by atoms with Gasteiger partial charge in [0.1, 0.15) is 0 Å². The van der Waals surface area contributed by atoms with Gasteiger partial charge in [-0.15, -0.1) is 0 Å². The van der Waals surface area contributed by atoms with Crippen molar-refractivity contribution < 1.29 is 4.52 Å². The van der Waals surface area contributed by atoms with Gasteiger partial charge < -0.3 is 9.84 Å². The fourth-order valence-electron chi connectivity index (χ4n) is 2.92. The minimum Gasteiger partial charge on any atom is -0.339 e. The fourth-order valence-corrected chi connectivity index (χ4v) is 2.92. The molecule has 1 aliphatic heterocycles. The van der Waals surface area contributed by atoms with E-state index in [4.69, 9.17) is 4.52 Å². The molecule has 2 fully saturated rings. The van der Waals surface area contributed by atoms with Crippen LogP contribution < -0.4 is 5.32 Å². The molecule has 0 amide bonds. The zero-order valence-electron chi connectivity index (χ0n) is 11.8. The minimum absolute atomic E-state index is 0.558. The first-order chi connectivity index (χ1) is 9.36. The molecule has 0 radical (unpaired) electrons. The first-order valence-corrected chi connectivity index (χ1v) is 7.58. The molecule has 1 aromatic heterocycles. The Kier molecular flexibility index (Phi) is 4.13. The van der Waals surface area contributed by atoms with E-state index in [-0.39, 0.29) is 0 Å². The number of nitrogens with zero attached hydrogens (tertiary/aromatic N) is 3. The smallest absolute Gasteiger partial charge is 0.229 e. The summed E-state index contributed by atoms with van der Waals surface area (Å²) < 4.78 is 5.35. The van der Waals surface area contributed by atoms with Gasteiger partial charge in [0.15, 0.2) is 5.82 Å². The SMILES string of the molecule is CNCCC1CCCCN1Cc1noc(C2CC2)n1. The predicted molar refractivity (Wildman–Crippen MR) is 72.9 cm³/mol. The maximum Gasteiger partial charge on any atom is 0.229 e. The molecule has 5 nitrogen and oxygen atoms in total. The van der Waals surface area contributed by atoms with E-state index in [2.05, 4.69) is 20.4 Å². The van der Waals surface area contributed by atoms with E-state index in [1.807, 2.05) is 7.05 Å². The van der Waals surface area contributed by atoms with Crippen molar-refractivity contribution in [2.75, 3.05) is 20.1 Å². The molecule has 1 saturated carbocycles. The Balaban J connectivity index is 1.58. The average Bonchev–Trinajstić information content (AvgIpc) is 3.19. The number of piperidine rings is 1. The average molecular weight is 264 g/mol. The number of rotatable bonds is 6. The summed E-state index contributed by atoms with van der Waals surface area (Å²) in [6, 6.07) is 0.670. The van der Waals surface area contributed by atoms with Crippen LogP contribution in [-0.4, -0.2) is 41.2 Å². The van der Waals surface area contributed by atoms with Gasteiger partial charge in [0.25, 0.3) is 0 Å².